The zero-order valence-corrected chi connectivity index (χ0v) is 23.3. The van der Waals surface area contributed by atoms with Gasteiger partial charge in [-0.05, 0) is 59.4 Å². The Morgan fingerprint density at radius 3 is 2.56 bits per heavy atom. The van der Waals surface area contributed by atoms with Crippen molar-refractivity contribution in [1.29, 1.82) is 0 Å². The second-order valence-electron chi connectivity index (χ2n) is 9.09. The normalized spacial score (nSPS) is 11.6. The fourth-order valence-corrected chi connectivity index (χ4v) is 4.94. The molecule has 0 unspecified atom stereocenters. The molecule has 3 heterocycles. The fourth-order valence-electron chi connectivity index (χ4n) is 4.24. The van der Waals surface area contributed by atoms with Crippen LogP contribution >= 0.6 is 11.3 Å². The summed E-state index contributed by atoms with van der Waals surface area (Å²) < 4.78 is 65.5. The number of furan rings is 1. The van der Waals surface area contributed by atoms with E-state index in [1.807, 2.05) is 12.1 Å². The number of alkyl halides is 3. The van der Waals surface area contributed by atoms with Crippen molar-refractivity contribution in [3.63, 3.8) is 0 Å². The number of carbonyl (C=O) groups is 1. The number of imidazole rings is 1. The largest absolute Gasteiger partial charge is 0.573 e. The number of hydrogen-bond donors (Lipinski definition) is 1. The molecule has 0 aliphatic carbocycles. The predicted octanol–water partition coefficient (Wildman–Crippen LogP) is 6.95. The van der Waals surface area contributed by atoms with Gasteiger partial charge >= 0.3 is 6.36 Å². The third-order valence-corrected chi connectivity index (χ3v) is 7.07. The Bertz CT molecular complexity index is 1900. The maximum atomic E-state index is 12.7. The number of aromatic nitrogens is 3. The lowest BCUT2D eigenvalue weighted by molar-refractivity contribution is -0.274. The number of rotatable bonds is 9. The summed E-state index contributed by atoms with van der Waals surface area (Å²) in [6.07, 6.45) is -3.07. The van der Waals surface area contributed by atoms with E-state index in [1.165, 1.54) is 23.5 Å². The molecule has 0 saturated carbocycles. The number of fused-ring (bicyclic) bond motifs is 2. The Hall–Kier alpha value is -5.24. The standard InChI is InChI=1S/C29H21F3N4O6S/c1-38-20-11-23(21-13-25(41-24(21)12-20)22-14-36-27(34-22)43-28(35-36)39-2)40-15-16-4-3-5-18(10-16)33-26(37)17-6-8-19(9-7-17)42-29(30,31)32/h3-14H,15H2,1-2H3,(H,33,37). The second-order valence-corrected chi connectivity index (χ2v) is 10.0. The van der Waals surface area contributed by atoms with Crippen LogP contribution in [0.3, 0.4) is 0 Å². The molecule has 1 amide bonds. The summed E-state index contributed by atoms with van der Waals surface area (Å²) in [7, 11) is 3.09. The maximum Gasteiger partial charge on any atom is 0.573 e. The minimum atomic E-state index is -4.81. The van der Waals surface area contributed by atoms with Crippen LogP contribution in [-0.4, -0.2) is 41.1 Å². The highest BCUT2D eigenvalue weighted by Crippen LogP contribution is 2.37. The van der Waals surface area contributed by atoms with Gasteiger partial charge in [-0.1, -0.05) is 12.1 Å². The van der Waals surface area contributed by atoms with Gasteiger partial charge in [-0.3, -0.25) is 4.79 Å². The van der Waals surface area contributed by atoms with Crippen LogP contribution in [0, 0.1) is 0 Å². The van der Waals surface area contributed by atoms with Gasteiger partial charge in [0.15, 0.2) is 5.76 Å². The lowest BCUT2D eigenvalue weighted by atomic mass is 10.1. The number of anilines is 1. The highest BCUT2D eigenvalue weighted by atomic mass is 32.1. The zero-order valence-electron chi connectivity index (χ0n) is 22.5. The van der Waals surface area contributed by atoms with Gasteiger partial charge in [0.2, 0.25) is 4.96 Å². The number of nitrogens with one attached hydrogen (secondary N) is 1. The average molecular weight is 611 g/mol. The first-order chi connectivity index (χ1) is 20.7. The van der Waals surface area contributed by atoms with Crippen LogP contribution in [-0.2, 0) is 6.61 Å². The van der Waals surface area contributed by atoms with Crippen LogP contribution in [0.4, 0.5) is 18.9 Å². The molecule has 0 fully saturated rings. The van der Waals surface area contributed by atoms with Crippen molar-refractivity contribution < 1.29 is 41.3 Å². The number of ether oxygens (including phenoxy) is 4. The van der Waals surface area contributed by atoms with E-state index in [-0.39, 0.29) is 12.2 Å². The van der Waals surface area contributed by atoms with Gasteiger partial charge in [0.05, 0.1) is 25.8 Å². The fraction of sp³-hybridized carbons (Fsp3) is 0.138. The van der Waals surface area contributed by atoms with Gasteiger partial charge in [0, 0.05) is 23.4 Å². The molecule has 1 N–H and O–H groups in total. The van der Waals surface area contributed by atoms with Gasteiger partial charge in [-0.15, -0.1) is 18.3 Å². The van der Waals surface area contributed by atoms with Crippen LogP contribution in [0.2, 0.25) is 0 Å². The number of halogens is 3. The summed E-state index contributed by atoms with van der Waals surface area (Å²) in [4.78, 5) is 17.9. The van der Waals surface area contributed by atoms with Crippen molar-refractivity contribution in [3.8, 4) is 33.9 Å². The SMILES string of the molecule is COc1cc(OCc2cccc(NC(=O)c3ccc(OC(F)(F)F)cc3)c2)c2cc(-c3cn4nc(OC)sc4n3)oc2c1. The van der Waals surface area contributed by atoms with E-state index in [0.717, 1.165) is 17.7 Å². The van der Waals surface area contributed by atoms with Crippen LogP contribution in [0.25, 0.3) is 27.4 Å². The van der Waals surface area contributed by atoms with Gasteiger partial charge in [-0.25, -0.2) is 9.50 Å². The molecule has 6 aromatic rings. The third kappa shape index (κ3) is 6.18. The summed E-state index contributed by atoms with van der Waals surface area (Å²) in [5.74, 6) is 0.661. The molecule has 0 atom stereocenters. The highest BCUT2D eigenvalue weighted by molar-refractivity contribution is 7.18. The molecule has 0 aliphatic rings. The molecule has 10 nitrogen and oxygen atoms in total. The minimum Gasteiger partial charge on any atom is -0.496 e. The first kappa shape index (κ1) is 27.9. The zero-order chi connectivity index (χ0) is 30.1. The molecule has 6 rings (SSSR count). The Balaban J connectivity index is 1.17. The molecule has 220 valence electrons. The van der Waals surface area contributed by atoms with E-state index in [2.05, 4.69) is 20.1 Å². The van der Waals surface area contributed by atoms with E-state index in [1.54, 1.807) is 55.3 Å². The molecule has 0 aliphatic heterocycles. The van der Waals surface area contributed by atoms with Crippen molar-refractivity contribution in [2.75, 3.05) is 19.5 Å². The molecular weight excluding hydrogens is 589 g/mol. The van der Waals surface area contributed by atoms with Crippen LogP contribution in [0.15, 0.2) is 77.3 Å². The minimum absolute atomic E-state index is 0.153. The average Bonchev–Trinajstić information content (AvgIpc) is 3.69. The number of hydrogen-bond acceptors (Lipinski definition) is 9. The summed E-state index contributed by atoms with van der Waals surface area (Å²) in [6, 6.07) is 17.0. The number of methoxy groups -OCH3 is 2. The van der Waals surface area contributed by atoms with Gasteiger partial charge in [-0.2, -0.15) is 0 Å². The molecular formula is C29H21F3N4O6S. The Kier molecular flexibility index (Phi) is 7.27. The van der Waals surface area contributed by atoms with E-state index < -0.39 is 18.0 Å². The Morgan fingerprint density at radius 1 is 1.02 bits per heavy atom. The van der Waals surface area contributed by atoms with Crippen LogP contribution < -0.4 is 24.3 Å². The molecule has 0 radical (unpaired) electrons. The summed E-state index contributed by atoms with van der Waals surface area (Å²) in [5, 5.41) is 8.23. The molecule has 0 bridgehead atoms. The molecule has 14 heteroatoms. The second kappa shape index (κ2) is 11.2. The van der Waals surface area contributed by atoms with Crippen molar-refractivity contribution in [2.24, 2.45) is 0 Å². The van der Waals surface area contributed by atoms with Crippen molar-refractivity contribution in [2.45, 2.75) is 13.0 Å². The van der Waals surface area contributed by atoms with E-state index in [9.17, 15) is 18.0 Å². The van der Waals surface area contributed by atoms with Gasteiger partial charge < -0.3 is 28.7 Å². The number of nitrogens with zero attached hydrogens (tertiary/aromatic N) is 3. The number of carbonyl (C=O) groups excluding carboxylic acids is 1. The summed E-state index contributed by atoms with van der Waals surface area (Å²) in [5.41, 5.74) is 2.53. The first-order valence-corrected chi connectivity index (χ1v) is 13.4. The predicted molar refractivity (Wildman–Crippen MR) is 151 cm³/mol. The highest BCUT2D eigenvalue weighted by Gasteiger charge is 2.31. The molecule has 3 aromatic heterocycles. The van der Waals surface area contributed by atoms with Crippen LogP contribution in [0.5, 0.6) is 22.4 Å². The topological polar surface area (TPSA) is 109 Å². The van der Waals surface area contributed by atoms with E-state index in [4.69, 9.17) is 18.6 Å². The third-order valence-electron chi connectivity index (χ3n) is 6.19. The Labute approximate surface area is 245 Å². The molecule has 0 saturated heterocycles. The van der Waals surface area contributed by atoms with Crippen molar-refractivity contribution >= 4 is 38.9 Å². The monoisotopic (exact) mass is 610 g/mol. The quantitative estimate of drug-likeness (QED) is 0.187. The van der Waals surface area contributed by atoms with E-state index in [0.29, 0.717) is 49.8 Å². The van der Waals surface area contributed by atoms with Gasteiger partial charge in [0.25, 0.3) is 11.1 Å². The van der Waals surface area contributed by atoms with Gasteiger partial charge in [0.1, 0.15) is 35.1 Å². The smallest absolute Gasteiger partial charge is 0.496 e. The van der Waals surface area contributed by atoms with Crippen molar-refractivity contribution in [3.05, 3.63) is 84.1 Å². The Morgan fingerprint density at radius 2 is 1.84 bits per heavy atom. The number of amides is 1. The lowest BCUT2D eigenvalue weighted by Gasteiger charge is -2.11. The van der Waals surface area contributed by atoms with E-state index >= 15 is 0 Å². The molecule has 3 aromatic carbocycles. The molecule has 0 spiro atoms. The number of benzene rings is 3. The lowest BCUT2D eigenvalue weighted by Crippen LogP contribution is -2.17. The molecule has 43 heavy (non-hydrogen) atoms. The van der Waals surface area contributed by atoms with Crippen LogP contribution in [0.1, 0.15) is 15.9 Å². The van der Waals surface area contributed by atoms with Crippen molar-refractivity contribution in [1.82, 2.24) is 14.6 Å². The first-order valence-electron chi connectivity index (χ1n) is 12.6. The maximum absolute atomic E-state index is 12.7. The summed E-state index contributed by atoms with van der Waals surface area (Å²) in [6.45, 7) is 0.153. The summed E-state index contributed by atoms with van der Waals surface area (Å²) >= 11 is 1.30.